The summed E-state index contributed by atoms with van der Waals surface area (Å²) < 4.78 is 22.3. The summed E-state index contributed by atoms with van der Waals surface area (Å²) in [5.74, 6) is 0. The topological polar surface area (TPSA) is 101 Å². The Kier molecular flexibility index (Phi) is 6.06. The number of carbonyl (C=O) groups excluding carboxylic acids is 1. The maximum atomic E-state index is 11.9. The van der Waals surface area contributed by atoms with Crippen molar-refractivity contribution in [1.29, 1.82) is 0 Å². The Bertz CT molecular complexity index is 819. The average Bonchev–Trinajstić information content (AvgIpc) is 2.51. The van der Waals surface area contributed by atoms with Gasteiger partial charge in [0, 0.05) is 6.54 Å². The molecule has 4 N–H and O–H groups in total. The van der Waals surface area contributed by atoms with Crippen LogP contribution < -0.4 is 15.8 Å². The van der Waals surface area contributed by atoms with E-state index in [4.69, 9.17) is 28.3 Å². The third-order valence-electron chi connectivity index (χ3n) is 3.15. The van der Waals surface area contributed by atoms with Crippen LogP contribution in [-0.4, -0.2) is 21.0 Å². The van der Waals surface area contributed by atoms with E-state index in [0.29, 0.717) is 28.7 Å². The fourth-order valence-corrected chi connectivity index (χ4v) is 2.95. The maximum absolute atomic E-state index is 11.9. The zero-order valence-corrected chi connectivity index (χ0v) is 14.8. The summed E-state index contributed by atoms with van der Waals surface area (Å²) in [6, 6.07) is 10.6. The van der Waals surface area contributed by atoms with E-state index in [0.717, 1.165) is 5.56 Å². The van der Waals surface area contributed by atoms with E-state index in [1.165, 1.54) is 12.1 Å². The third-order valence-corrected chi connectivity index (χ3v) is 4.71. The van der Waals surface area contributed by atoms with Gasteiger partial charge in [-0.1, -0.05) is 41.4 Å². The Morgan fingerprint density at radius 2 is 1.62 bits per heavy atom. The molecule has 0 aliphatic heterocycles. The van der Waals surface area contributed by atoms with Crippen molar-refractivity contribution < 1.29 is 13.2 Å². The summed E-state index contributed by atoms with van der Waals surface area (Å²) in [6.45, 7) is 0.350. The summed E-state index contributed by atoms with van der Waals surface area (Å²) in [5.41, 5.74) is 1.20. The Balaban J connectivity index is 1.87. The molecule has 2 amide bonds. The molecule has 0 aromatic heterocycles. The number of rotatable bonds is 5. The highest BCUT2D eigenvalue weighted by molar-refractivity contribution is 7.89. The Labute approximate surface area is 150 Å². The molecule has 0 aliphatic carbocycles. The van der Waals surface area contributed by atoms with Gasteiger partial charge in [0.05, 0.1) is 20.6 Å². The predicted molar refractivity (Wildman–Crippen MR) is 95.0 cm³/mol. The lowest BCUT2D eigenvalue weighted by Crippen LogP contribution is -2.30. The fraction of sp³-hybridized carbons (Fsp3) is 0.133. The van der Waals surface area contributed by atoms with Crippen LogP contribution in [-0.2, 0) is 16.4 Å². The lowest BCUT2D eigenvalue weighted by Gasteiger charge is -2.10. The van der Waals surface area contributed by atoms with Crippen LogP contribution in [0.25, 0.3) is 0 Å². The van der Waals surface area contributed by atoms with Crippen LogP contribution >= 0.6 is 23.2 Å². The number of primary sulfonamides is 1. The average molecular weight is 388 g/mol. The summed E-state index contributed by atoms with van der Waals surface area (Å²) in [5, 5.41) is 11.0. The van der Waals surface area contributed by atoms with Crippen molar-refractivity contribution in [3.8, 4) is 0 Å². The van der Waals surface area contributed by atoms with Gasteiger partial charge < -0.3 is 10.6 Å². The first-order valence-electron chi connectivity index (χ1n) is 6.88. The van der Waals surface area contributed by atoms with Gasteiger partial charge in [0.2, 0.25) is 10.0 Å². The van der Waals surface area contributed by atoms with Crippen molar-refractivity contribution in [3.63, 3.8) is 0 Å². The van der Waals surface area contributed by atoms with Crippen LogP contribution in [0.5, 0.6) is 0 Å². The number of halogens is 2. The number of para-hydroxylation sites is 1. The number of benzene rings is 2. The molecule has 0 aliphatic rings. The quantitative estimate of drug-likeness (QED) is 0.734. The van der Waals surface area contributed by atoms with Crippen molar-refractivity contribution >= 4 is 44.9 Å². The van der Waals surface area contributed by atoms with Gasteiger partial charge in [0.1, 0.15) is 0 Å². The second-order valence-corrected chi connectivity index (χ2v) is 7.29. The van der Waals surface area contributed by atoms with Gasteiger partial charge in [-0.05, 0) is 36.2 Å². The lowest BCUT2D eigenvalue weighted by atomic mass is 10.1. The van der Waals surface area contributed by atoms with Crippen LogP contribution in [0.4, 0.5) is 10.5 Å². The molecule has 2 rings (SSSR count). The Hall–Kier alpha value is -1.80. The molecule has 24 heavy (non-hydrogen) atoms. The molecular weight excluding hydrogens is 373 g/mol. The molecule has 128 valence electrons. The highest BCUT2D eigenvalue weighted by Crippen LogP contribution is 2.29. The van der Waals surface area contributed by atoms with E-state index >= 15 is 0 Å². The second-order valence-electron chi connectivity index (χ2n) is 4.92. The number of nitrogens with two attached hydrogens (primary N) is 1. The monoisotopic (exact) mass is 387 g/mol. The summed E-state index contributed by atoms with van der Waals surface area (Å²) in [4.78, 5) is 11.9. The van der Waals surface area contributed by atoms with Crippen molar-refractivity contribution in [2.45, 2.75) is 11.3 Å². The minimum Gasteiger partial charge on any atom is -0.338 e. The molecule has 0 unspecified atom stereocenters. The molecule has 2 aromatic carbocycles. The van der Waals surface area contributed by atoms with Crippen LogP contribution in [0.1, 0.15) is 5.56 Å². The second kappa shape index (κ2) is 7.85. The summed E-state index contributed by atoms with van der Waals surface area (Å²) >= 11 is 11.9. The van der Waals surface area contributed by atoms with E-state index in [1.54, 1.807) is 30.3 Å². The SMILES string of the molecule is NS(=O)(=O)c1ccc(CCNC(=O)Nc2c(Cl)cccc2Cl)cc1. The van der Waals surface area contributed by atoms with Gasteiger partial charge >= 0.3 is 6.03 Å². The molecule has 9 heteroatoms. The number of amides is 2. The zero-order chi connectivity index (χ0) is 17.7. The number of urea groups is 1. The molecule has 6 nitrogen and oxygen atoms in total. The van der Waals surface area contributed by atoms with E-state index in [-0.39, 0.29) is 4.90 Å². The first-order chi connectivity index (χ1) is 11.3. The number of anilines is 1. The molecule has 0 saturated carbocycles. The number of nitrogens with one attached hydrogen (secondary N) is 2. The normalized spacial score (nSPS) is 11.1. The third kappa shape index (κ3) is 5.10. The van der Waals surface area contributed by atoms with Gasteiger partial charge in [-0.3, -0.25) is 0 Å². The van der Waals surface area contributed by atoms with Crippen molar-refractivity contribution in [1.82, 2.24) is 5.32 Å². The first-order valence-corrected chi connectivity index (χ1v) is 9.18. The summed E-state index contributed by atoms with van der Waals surface area (Å²) in [6.07, 6.45) is 0.522. The van der Waals surface area contributed by atoms with Gasteiger partial charge in [-0.15, -0.1) is 0 Å². The number of carbonyl (C=O) groups is 1. The van der Waals surface area contributed by atoms with E-state index in [1.807, 2.05) is 0 Å². The zero-order valence-electron chi connectivity index (χ0n) is 12.4. The highest BCUT2D eigenvalue weighted by Gasteiger charge is 2.09. The van der Waals surface area contributed by atoms with Crippen LogP contribution in [0.2, 0.25) is 10.0 Å². The lowest BCUT2D eigenvalue weighted by molar-refractivity contribution is 0.252. The molecule has 0 heterocycles. The minimum absolute atomic E-state index is 0.0466. The smallest absolute Gasteiger partial charge is 0.319 e. The molecule has 2 aromatic rings. The highest BCUT2D eigenvalue weighted by atomic mass is 35.5. The first kappa shape index (κ1) is 18.5. The minimum atomic E-state index is -3.70. The fourth-order valence-electron chi connectivity index (χ4n) is 1.94. The van der Waals surface area contributed by atoms with Crippen molar-refractivity contribution in [2.24, 2.45) is 5.14 Å². The van der Waals surface area contributed by atoms with Gasteiger partial charge in [-0.25, -0.2) is 18.4 Å². The molecule has 0 bridgehead atoms. The molecule has 0 radical (unpaired) electrons. The largest absolute Gasteiger partial charge is 0.338 e. The number of sulfonamides is 1. The number of hydrogen-bond donors (Lipinski definition) is 3. The Morgan fingerprint density at radius 1 is 1.04 bits per heavy atom. The van der Waals surface area contributed by atoms with Gasteiger partial charge in [-0.2, -0.15) is 0 Å². The number of hydrogen-bond acceptors (Lipinski definition) is 3. The van der Waals surface area contributed by atoms with E-state index in [9.17, 15) is 13.2 Å². The Morgan fingerprint density at radius 3 is 2.17 bits per heavy atom. The van der Waals surface area contributed by atoms with E-state index < -0.39 is 16.1 Å². The van der Waals surface area contributed by atoms with Gasteiger partial charge in [0.15, 0.2) is 0 Å². The molecule has 0 spiro atoms. The van der Waals surface area contributed by atoms with Crippen molar-refractivity contribution in [2.75, 3.05) is 11.9 Å². The summed E-state index contributed by atoms with van der Waals surface area (Å²) in [7, 11) is -3.70. The maximum Gasteiger partial charge on any atom is 0.319 e. The molecule has 0 atom stereocenters. The standard InChI is InChI=1S/C15H15Cl2N3O3S/c16-12-2-1-3-13(17)14(12)20-15(21)19-9-8-10-4-6-11(7-5-10)24(18,22)23/h1-7H,8-9H2,(H2,18,22,23)(H2,19,20,21). The van der Waals surface area contributed by atoms with Gasteiger partial charge in [0.25, 0.3) is 0 Å². The van der Waals surface area contributed by atoms with E-state index in [2.05, 4.69) is 10.6 Å². The molecule has 0 saturated heterocycles. The molecule has 0 fully saturated rings. The van der Waals surface area contributed by atoms with Crippen LogP contribution in [0.15, 0.2) is 47.4 Å². The van der Waals surface area contributed by atoms with Crippen LogP contribution in [0.3, 0.4) is 0 Å². The van der Waals surface area contributed by atoms with Crippen LogP contribution in [0, 0.1) is 0 Å². The predicted octanol–water partition coefficient (Wildman–Crippen LogP) is 3.01. The van der Waals surface area contributed by atoms with Crippen molar-refractivity contribution in [3.05, 3.63) is 58.1 Å². The molecular formula is C15H15Cl2N3O3S.